The van der Waals surface area contributed by atoms with Gasteiger partial charge in [-0.15, -0.1) is 11.3 Å². The van der Waals surface area contributed by atoms with E-state index in [1.807, 2.05) is 0 Å². The Bertz CT molecular complexity index is 742. The summed E-state index contributed by atoms with van der Waals surface area (Å²) in [6.07, 6.45) is 0. The Morgan fingerprint density at radius 2 is 2.05 bits per heavy atom. The Hall–Kier alpha value is -2.28. The van der Waals surface area contributed by atoms with Gasteiger partial charge in [-0.2, -0.15) is 0 Å². The Kier molecular flexibility index (Phi) is 4.56. The first-order chi connectivity index (χ1) is 10.3. The minimum Gasteiger partial charge on any atom is -0.477 e. The molecule has 1 unspecified atom stereocenters. The molecule has 1 aromatic heterocycles. The van der Waals surface area contributed by atoms with Crippen LogP contribution in [0.25, 0.3) is 0 Å². The van der Waals surface area contributed by atoms with Gasteiger partial charge in [0.2, 0.25) is 0 Å². The summed E-state index contributed by atoms with van der Waals surface area (Å²) in [6, 6.07) is 3.67. The zero-order chi connectivity index (χ0) is 16.4. The molecule has 0 fully saturated rings. The molecule has 2 rings (SSSR count). The number of rotatable bonds is 4. The van der Waals surface area contributed by atoms with Crippen LogP contribution in [0.15, 0.2) is 18.2 Å². The van der Waals surface area contributed by atoms with Crippen molar-refractivity contribution in [2.75, 3.05) is 0 Å². The molecule has 2 aromatic rings. The third-order valence-electron chi connectivity index (χ3n) is 3.15. The van der Waals surface area contributed by atoms with E-state index in [1.165, 1.54) is 18.2 Å². The monoisotopic (exact) mass is 322 g/mol. The Balaban J connectivity index is 2.15. The van der Waals surface area contributed by atoms with E-state index in [4.69, 9.17) is 5.11 Å². The summed E-state index contributed by atoms with van der Waals surface area (Å²) in [5, 5.41) is 12.3. The minimum atomic E-state index is -1.03. The average Bonchev–Trinajstić information content (AvgIpc) is 2.84. The van der Waals surface area contributed by atoms with Gasteiger partial charge in [0.15, 0.2) is 0 Å². The topological polar surface area (TPSA) is 79.3 Å². The molecule has 7 heteroatoms. The number of nitrogens with one attached hydrogen (secondary N) is 1. The number of nitrogens with zero attached hydrogens (tertiary/aromatic N) is 1. The first kappa shape index (κ1) is 16.1. The zero-order valence-corrected chi connectivity index (χ0v) is 13.1. The molecule has 22 heavy (non-hydrogen) atoms. The molecular weight excluding hydrogens is 307 g/mol. The third kappa shape index (κ3) is 3.30. The van der Waals surface area contributed by atoms with Crippen LogP contribution in [-0.4, -0.2) is 22.0 Å². The van der Waals surface area contributed by atoms with E-state index in [1.54, 1.807) is 20.8 Å². The van der Waals surface area contributed by atoms with Gasteiger partial charge in [0.25, 0.3) is 5.91 Å². The van der Waals surface area contributed by atoms with Gasteiger partial charge in [-0.1, -0.05) is 0 Å². The molecule has 0 aliphatic heterocycles. The summed E-state index contributed by atoms with van der Waals surface area (Å²) in [5.74, 6) is -1.76. The van der Waals surface area contributed by atoms with Gasteiger partial charge in [0, 0.05) is 5.56 Å². The van der Waals surface area contributed by atoms with Crippen LogP contribution in [0, 0.1) is 19.7 Å². The van der Waals surface area contributed by atoms with Crippen molar-refractivity contribution in [3.05, 3.63) is 50.7 Å². The van der Waals surface area contributed by atoms with Gasteiger partial charge in [0.05, 0.1) is 11.7 Å². The van der Waals surface area contributed by atoms with E-state index in [9.17, 15) is 14.0 Å². The number of hydrogen-bond acceptors (Lipinski definition) is 4. The number of aryl methyl sites for hydroxylation is 2. The molecule has 116 valence electrons. The lowest BCUT2D eigenvalue weighted by Gasteiger charge is -2.11. The Labute approximate surface area is 130 Å². The number of benzene rings is 1. The molecule has 0 bridgehead atoms. The van der Waals surface area contributed by atoms with Crippen molar-refractivity contribution in [2.45, 2.75) is 26.8 Å². The van der Waals surface area contributed by atoms with Crippen LogP contribution in [0.4, 0.5) is 4.39 Å². The summed E-state index contributed by atoms with van der Waals surface area (Å²) in [6.45, 7) is 4.92. The lowest BCUT2D eigenvalue weighted by Crippen LogP contribution is -2.26. The fourth-order valence-corrected chi connectivity index (χ4v) is 2.84. The van der Waals surface area contributed by atoms with Crippen LogP contribution < -0.4 is 5.32 Å². The first-order valence-corrected chi connectivity index (χ1v) is 7.39. The summed E-state index contributed by atoms with van der Waals surface area (Å²) in [5.41, 5.74) is 1.15. The van der Waals surface area contributed by atoms with Crippen molar-refractivity contribution in [3.63, 3.8) is 0 Å². The number of aromatic nitrogens is 1. The molecule has 1 heterocycles. The molecule has 1 amide bonds. The second-order valence-electron chi connectivity index (χ2n) is 4.93. The van der Waals surface area contributed by atoms with Crippen molar-refractivity contribution in [1.82, 2.24) is 10.3 Å². The summed E-state index contributed by atoms with van der Waals surface area (Å²) in [4.78, 5) is 27.5. The summed E-state index contributed by atoms with van der Waals surface area (Å²) >= 11 is 1.03. The number of carbonyl (C=O) groups excluding carboxylic acids is 1. The quantitative estimate of drug-likeness (QED) is 0.906. The molecule has 0 saturated carbocycles. The van der Waals surface area contributed by atoms with Crippen LogP contribution in [0.3, 0.4) is 0 Å². The molecule has 0 aliphatic rings. The molecule has 1 atom stereocenters. The maximum Gasteiger partial charge on any atom is 0.347 e. The number of aromatic carboxylic acids is 1. The van der Waals surface area contributed by atoms with Gasteiger partial charge >= 0.3 is 5.97 Å². The smallest absolute Gasteiger partial charge is 0.347 e. The standard InChI is InChI=1S/C15H15FN2O3S/c1-7-6-10(4-5-11(7)16)13(19)17-9(3)14-18-8(2)12(22-14)15(20)21/h4-6,9H,1-3H3,(H,17,19)(H,20,21). The maximum absolute atomic E-state index is 13.2. The largest absolute Gasteiger partial charge is 0.477 e. The van der Waals surface area contributed by atoms with Crippen LogP contribution >= 0.6 is 11.3 Å². The second-order valence-corrected chi connectivity index (χ2v) is 5.96. The number of halogens is 1. The third-order valence-corrected chi connectivity index (χ3v) is 4.47. The van der Waals surface area contributed by atoms with Crippen molar-refractivity contribution >= 4 is 23.2 Å². The number of thiazole rings is 1. The van der Waals surface area contributed by atoms with E-state index in [0.717, 1.165) is 11.3 Å². The van der Waals surface area contributed by atoms with Crippen LogP contribution in [0.2, 0.25) is 0 Å². The van der Waals surface area contributed by atoms with E-state index in [2.05, 4.69) is 10.3 Å². The Morgan fingerprint density at radius 1 is 1.36 bits per heavy atom. The van der Waals surface area contributed by atoms with Gasteiger partial charge in [-0.05, 0) is 44.5 Å². The number of carbonyl (C=O) groups is 2. The van der Waals surface area contributed by atoms with E-state index in [0.29, 0.717) is 21.8 Å². The number of carboxylic acid groups (broad SMARTS) is 1. The Morgan fingerprint density at radius 3 is 2.59 bits per heavy atom. The minimum absolute atomic E-state index is 0.161. The highest BCUT2D eigenvalue weighted by Crippen LogP contribution is 2.24. The van der Waals surface area contributed by atoms with Crippen LogP contribution in [0.1, 0.15) is 49.3 Å². The van der Waals surface area contributed by atoms with Crippen molar-refractivity contribution in [1.29, 1.82) is 0 Å². The number of hydrogen-bond donors (Lipinski definition) is 2. The van der Waals surface area contributed by atoms with Crippen molar-refractivity contribution < 1.29 is 19.1 Å². The SMILES string of the molecule is Cc1cc(C(=O)NC(C)c2nc(C)c(C(=O)O)s2)ccc1F. The maximum atomic E-state index is 13.2. The van der Waals surface area contributed by atoms with Gasteiger partial charge in [0.1, 0.15) is 15.7 Å². The zero-order valence-electron chi connectivity index (χ0n) is 12.3. The normalized spacial score (nSPS) is 12.0. The number of carboxylic acids is 1. The van der Waals surface area contributed by atoms with Crippen LogP contribution in [0.5, 0.6) is 0 Å². The van der Waals surface area contributed by atoms with E-state index >= 15 is 0 Å². The summed E-state index contributed by atoms with van der Waals surface area (Å²) in [7, 11) is 0. The van der Waals surface area contributed by atoms with Crippen LogP contribution in [-0.2, 0) is 0 Å². The fourth-order valence-electron chi connectivity index (χ4n) is 1.93. The fraction of sp³-hybridized carbons (Fsp3) is 0.267. The van der Waals surface area contributed by atoms with Gasteiger partial charge in [-0.3, -0.25) is 4.79 Å². The molecule has 0 aliphatic carbocycles. The first-order valence-electron chi connectivity index (χ1n) is 6.57. The molecule has 0 radical (unpaired) electrons. The van der Waals surface area contributed by atoms with Crippen molar-refractivity contribution in [3.8, 4) is 0 Å². The average molecular weight is 322 g/mol. The van der Waals surface area contributed by atoms with E-state index in [-0.39, 0.29) is 16.6 Å². The highest BCUT2D eigenvalue weighted by molar-refractivity contribution is 7.13. The summed E-state index contributed by atoms with van der Waals surface area (Å²) < 4.78 is 13.2. The van der Waals surface area contributed by atoms with Gasteiger partial charge < -0.3 is 10.4 Å². The molecule has 5 nitrogen and oxygen atoms in total. The predicted octanol–water partition coefficient (Wildman–Crippen LogP) is 3.09. The lowest BCUT2D eigenvalue weighted by molar-refractivity contribution is 0.0701. The highest BCUT2D eigenvalue weighted by Gasteiger charge is 2.19. The second kappa shape index (κ2) is 6.23. The predicted molar refractivity (Wildman–Crippen MR) is 80.8 cm³/mol. The lowest BCUT2D eigenvalue weighted by atomic mass is 10.1. The molecule has 1 aromatic carbocycles. The number of amides is 1. The van der Waals surface area contributed by atoms with E-state index < -0.39 is 12.0 Å². The molecular formula is C15H15FN2O3S. The molecule has 0 saturated heterocycles. The van der Waals surface area contributed by atoms with Crippen molar-refractivity contribution in [2.24, 2.45) is 0 Å². The molecule has 0 spiro atoms. The van der Waals surface area contributed by atoms with Gasteiger partial charge in [-0.25, -0.2) is 14.2 Å². The molecule has 2 N–H and O–H groups in total. The highest BCUT2D eigenvalue weighted by atomic mass is 32.1.